The Balaban J connectivity index is 1.37. The van der Waals surface area contributed by atoms with Gasteiger partial charge in [0.15, 0.2) is 5.78 Å². The molecule has 0 spiro atoms. The number of carbonyl (C=O) groups excluding carboxylic acids is 2. The van der Waals surface area contributed by atoms with Crippen LogP contribution in [0.2, 0.25) is 5.02 Å². The number of halogens is 1. The smallest absolute Gasteiger partial charge is 0.261 e. The van der Waals surface area contributed by atoms with Crippen molar-refractivity contribution >= 4 is 34.7 Å². The predicted molar refractivity (Wildman–Crippen MR) is 152 cm³/mol. The lowest BCUT2D eigenvalue weighted by Crippen LogP contribution is -2.43. The number of nitrogens with one attached hydrogen (secondary N) is 2. The number of hydrogen-bond acceptors (Lipinski definition) is 6. The Morgan fingerprint density at radius 2 is 1.82 bits per heavy atom. The zero-order valence-electron chi connectivity index (χ0n) is 22.1. The Labute approximate surface area is 231 Å². The summed E-state index contributed by atoms with van der Waals surface area (Å²) in [4.78, 5) is 26.4. The van der Waals surface area contributed by atoms with Crippen molar-refractivity contribution in [1.82, 2.24) is 10.5 Å². The summed E-state index contributed by atoms with van der Waals surface area (Å²) in [6.45, 7) is 5.88. The maximum atomic E-state index is 13.2. The van der Waals surface area contributed by atoms with Gasteiger partial charge in [-0.05, 0) is 75.2 Å². The molecule has 0 saturated heterocycles. The molecular weight excluding hydrogens is 514 g/mol. The third kappa shape index (κ3) is 5.45. The van der Waals surface area contributed by atoms with E-state index in [-0.39, 0.29) is 17.2 Å². The van der Waals surface area contributed by atoms with Gasteiger partial charge in [0.1, 0.15) is 22.8 Å². The van der Waals surface area contributed by atoms with Gasteiger partial charge < -0.3 is 19.9 Å². The quantitative estimate of drug-likeness (QED) is 0.208. The molecule has 0 atom stereocenters. The van der Waals surface area contributed by atoms with Crippen LogP contribution in [0.3, 0.4) is 0 Å². The van der Waals surface area contributed by atoms with Crippen molar-refractivity contribution in [1.29, 1.82) is 0 Å². The number of ketones is 1. The van der Waals surface area contributed by atoms with Gasteiger partial charge in [-0.2, -0.15) is 0 Å². The highest BCUT2D eigenvalue weighted by Gasteiger charge is 2.28. The molecule has 8 heteroatoms. The zero-order valence-corrected chi connectivity index (χ0v) is 22.8. The summed E-state index contributed by atoms with van der Waals surface area (Å²) in [5.74, 6) is 0.567. The minimum atomic E-state index is -0.385. The number of aryl methyl sites for hydroxylation is 1. The number of aromatic nitrogens is 1. The fraction of sp³-hybridized carbons (Fsp3) is 0.194. The van der Waals surface area contributed by atoms with E-state index in [1.807, 2.05) is 24.3 Å². The number of methoxy groups -OCH3 is 1. The Bertz CT molecular complexity index is 1600. The topological polar surface area (TPSA) is 93.5 Å². The normalized spacial score (nSPS) is 14.8. The second-order valence-electron chi connectivity index (χ2n) is 10.1. The summed E-state index contributed by atoms with van der Waals surface area (Å²) in [5, 5.41) is 10.9. The number of carbonyl (C=O) groups is 2. The molecule has 7 nitrogen and oxygen atoms in total. The SMILES string of the molecule is COc1ccc2c(c1)/C(=C/C(=O)c1ccc(NC(=O)c3c(-c4ccccc4Cl)noc3C)cc1)NC(C)(C)C2. The van der Waals surface area contributed by atoms with Crippen molar-refractivity contribution in [2.24, 2.45) is 0 Å². The van der Waals surface area contributed by atoms with Gasteiger partial charge in [-0.15, -0.1) is 0 Å². The summed E-state index contributed by atoms with van der Waals surface area (Å²) >= 11 is 6.32. The van der Waals surface area contributed by atoms with Crippen molar-refractivity contribution in [3.8, 4) is 17.0 Å². The van der Waals surface area contributed by atoms with Crippen molar-refractivity contribution in [3.05, 3.63) is 106 Å². The molecule has 198 valence electrons. The third-order valence-electron chi connectivity index (χ3n) is 6.63. The van der Waals surface area contributed by atoms with E-state index in [4.69, 9.17) is 20.9 Å². The number of nitrogens with zero attached hydrogens (tertiary/aromatic N) is 1. The van der Waals surface area contributed by atoms with Crippen LogP contribution in [-0.4, -0.2) is 29.5 Å². The zero-order chi connectivity index (χ0) is 27.7. The summed E-state index contributed by atoms with van der Waals surface area (Å²) in [5.41, 5.74) is 4.94. The molecule has 1 aliphatic heterocycles. The molecule has 1 amide bonds. The second kappa shape index (κ2) is 10.4. The third-order valence-corrected chi connectivity index (χ3v) is 6.96. The molecule has 4 aromatic rings. The average Bonchev–Trinajstić information content (AvgIpc) is 3.29. The molecule has 0 fully saturated rings. The van der Waals surface area contributed by atoms with Gasteiger partial charge in [-0.25, -0.2) is 0 Å². The Kier molecular flexibility index (Phi) is 7.02. The first-order valence-corrected chi connectivity index (χ1v) is 12.9. The fourth-order valence-electron chi connectivity index (χ4n) is 4.76. The second-order valence-corrected chi connectivity index (χ2v) is 10.5. The lowest BCUT2D eigenvalue weighted by Gasteiger charge is -2.35. The highest BCUT2D eigenvalue weighted by atomic mass is 35.5. The van der Waals surface area contributed by atoms with Crippen molar-refractivity contribution in [2.75, 3.05) is 12.4 Å². The van der Waals surface area contributed by atoms with Gasteiger partial charge >= 0.3 is 0 Å². The van der Waals surface area contributed by atoms with Crippen LogP contribution in [0.5, 0.6) is 5.75 Å². The van der Waals surface area contributed by atoms with Crippen molar-refractivity contribution in [3.63, 3.8) is 0 Å². The van der Waals surface area contributed by atoms with Gasteiger partial charge in [0.25, 0.3) is 5.91 Å². The summed E-state index contributed by atoms with van der Waals surface area (Å²) < 4.78 is 10.7. The van der Waals surface area contributed by atoms with E-state index in [9.17, 15) is 9.59 Å². The molecular formula is C31H28ClN3O4. The average molecular weight is 542 g/mol. The molecule has 1 aromatic heterocycles. The molecule has 2 N–H and O–H groups in total. The number of benzene rings is 3. The van der Waals surface area contributed by atoms with Crippen molar-refractivity contribution < 1.29 is 18.8 Å². The molecule has 1 aliphatic rings. The maximum absolute atomic E-state index is 13.2. The van der Waals surface area contributed by atoms with Crippen LogP contribution in [0.1, 0.15) is 51.5 Å². The fourth-order valence-corrected chi connectivity index (χ4v) is 4.98. The number of rotatable bonds is 6. The Morgan fingerprint density at radius 1 is 1.08 bits per heavy atom. The van der Waals surface area contributed by atoms with E-state index in [0.29, 0.717) is 38.9 Å². The van der Waals surface area contributed by atoms with Gasteiger partial charge in [-0.3, -0.25) is 9.59 Å². The first-order chi connectivity index (χ1) is 18.6. The number of fused-ring (bicyclic) bond motifs is 1. The number of anilines is 1. The summed E-state index contributed by atoms with van der Waals surface area (Å²) in [6.07, 6.45) is 2.44. The van der Waals surface area contributed by atoms with Crippen LogP contribution >= 0.6 is 11.6 Å². The largest absolute Gasteiger partial charge is 0.497 e. The van der Waals surface area contributed by atoms with Gasteiger partial charge in [0.2, 0.25) is 0 Å². The Morgan fingerprint density at radius 3 is 2.54 bits per heavy atom. The van der Waals surface area contributed by atoms with E-state index in [1.165, 1.54) is 0 Å². The van der Waals surface area contributed by atoms with Crippen LogP contribution in [0.25, 0.3) is 17.0 Å². The van der Waals surface area contributed by atoms with Gasteiger partial charge in [-0.1, -0.05) is 41.0 Å². The number of ether oxygens (including phenoxy) is 1. The number of amides is 1. The van der Waals surface area contributed by atoms with Crippen LogP contribution in [0.15, 0.2) is 77.3 Å². The molecule has 39 heavy (non-hydrogen) atoms. The number of hydrogen-bond donors (Lipinski definition) is 2. The molecule has 5 rings (SSSR count). The van der Waals surface area contributed by atoms with Crippen LogP contribution in [0, 0.1) is 6.92 Å². The molecule has 0 aliphatic carbocycles. The van der Waals surface area contributed by atoms with E-state index in [2.05, 4.69) is 29.6 Å². The van der Waals surface area contributed by atoms with Crippen molar-refractivity contribution in [2.45, 2.75) is 32.7 Å². The molecule has 3 aromatic carbocycles. The Hall–Kier alpha value is -4.36. The minimum absolute atomic E-state index is 0.155. The van der Waals surface area contributed by atoms with Crippen LogP contribution in [0.4, 0.5) is 5.69 Å². The lowest BCUT2D eigenvalue weighted by atomic mass is 9.85. The molecule has 0 radical (unpaired) electrons. The minimum Gasteiger partial charge on any atom is -0.497 e. The van der Waals surface area contributed by atoms with Gasteiger partial charge in [0, 0.05) is 39.7 Å². The van der Waals surface area contributed by atoms with Crippen LogP contribution < -0.4 is 15.4 Å². The summed E-state index contributed by atoms with van der Waals surface area (Å²) in [6, 6.07) is 19.8. The van der Waals surface area contributed by atoms with Crippen LogP contribution in [-0.2, 0) is 6.42 Å². The molecule has 0 saturated carbocycles. The first kappa shape index (κ1) is 26.3. The highest BCUT2D eigenvalue weighted by Crippen LogP contribution is 2.33. The predicted octanol–water partition coefficient (Wildman–Crippen LogP) is 6.71. The van der Waals surface area contributed by atoms with Gasteiger partial charge in [0.05, 0.1) is 12.1 Å². The standard InChI is InChI=1S/C31H28ClN3O4/c1-18-28(29(35-39-18)23-7-5-6-8-25(23)32)30(37)33-21-12-9-19(10-13-21)27(36)16-26-24-15-22(38-4)14-11-20(24)17-31(2,3)34-26/h5-16,34H,17H2,1-4H3,(H,33,37)/b26-16-. The first-order valence-electron chi connectivity index (χ1n) is 12.5. The van der Waals surface area contributed by atoms with E-state index >= 15 is 0 Å². The lowest BCUT2D eigenvalue weighted by molar-refractivity contribution is 0.102. The van der Waals surface area contributed by atoms with E-state index in [0.717, 1.165) is 29.0 Å². The molecule has 0 bridgehead atoms. The highest BCUT2D eigenvalue weighted by molar-refractivity contribution is 6.33. The summed E-state index contributed by atoms with van der Waals surface area (Å²) in [7, 11) is 1.62. The maximum Gasteiger partial charge on any atom is 0.261 e. The molecule has 2 heterocycles. The van der Waals surface area contributed by atoms with E-state index < -0.39 is 0 Å². The molecule has 0 unspecified atom stereocenters. The van der Waals surface area contributed by atoms with E-state index in [1.54, 1.807) is 62.6 Å². The number of allylic oxidation sites excluding steroid dienone is 1. The monoisotopic (exact) mass is 541 g/mol.